The van der Waals surface area contributed by atoms with E-state index in [-0.39, 0.29) is 11.3 Å². The van der Waals surface area contributed by atoms with Crippen LogP contribution in [0.15, 0.2) is 42.7 Å². The molecule has 0 aliphatic heterocycles. The molecule has 21 heavy (non-hydrogen) atoms. The van der Waals surface area contributed by atoms with Crippen LogP contribution in [-0.2, 0) is 0 Å². The molecule has 6 nitrogen and oxygen atoms in total. The third-order valence-corrected chi connectivity index (χ3v) is 2.79. The molecule has 2 N–H and O–H groups in total. The number of halogens is 1. The lowest BCUT2D eigenvalue weighted by molar-refractivity contribution is 0.0697. The largest absolute Gasteiger partial charge is 0.478 e. The number of aromatic nitrogens is 1. The number of carboxylic acid groups (broad SMARTS) is 1. The first-order valence-corrected chi connectivity index (χ1v) is 5.96. The normalized spacial score (nSPS) is 10.0. The first-order valence-electron chi connectivity index (χ1n) is 5.96. The van der Waals surface area contributed by atoms with Crippen molar-refractivity contribution in [3.8, 4) is 0 Å². The van der Waals surface area contributed by atoms with Gasteiger partial charge in [0.2, 0.25) is 0 Å². The average Bonchev–Trinajstić information content (AvgIpc) is 2.49. The SMILES string of the molecule is CN(C(=O)Nc1cc(C(=O)O)ccc1F)c1cccnc1. The number of pyridine rings is 1. The maximum atomic E-state index is 13.6. The van der Waals surface area contributed by atoms with E-state index in [1.807, 2.05) is 0 Å². The van der Waals surface area contributed by atoms with Crippen molar-refractivity contribution in [1.29, 1.82) is 0 Å². The van der Waals surface area contributed by atoms with Gasteiger partial charge in [0, 0.05) is 13.2 Å². The Balaban J connectivity index is 2.20. The number of urea groups is 1. The van der Waals surface area contributed by atoms with Crippen molar-refractivity contribution < 1.29 is 19.1 Å². The summed E-state index contributed by atoms with van der Waals surface area (Å²) < 4.78 is 13.6. The Morgan fingerprint density at radius 2 is 2.10 bits per heavy atom. The van der Waals surface area contributed by atoms with E-state index in [9.17, 15) is 14.0 Å². The zero-order valence-corrected chi connectivity index (χ0v) is 11.1. The van der Waals surface area contributed by atoms with Gasteiger partial charge in [-0.2, -0.15) is 0 Å². The van der Waals surface area contributed by atoms with Crippen LogP contribution in [0, 0.1) is 5.82 Å². The molecule has 1 aromatic heterocycles. The van der Waals surface area contributed by atoms with E-state index in [4.69, 9.17) is 5.11 Å². The number of carbonyl (C=O) groups is 2. The van der Waals surface area contributed by atoms with Crippen molar-refractivity contribution in [3.63, 3.8) is 0 Å². The first kappa shape index (κ1) is 14.4. The zero-order valence-electron chi connectivity index (χ0n) is 11.1. The van der Waals surface area contributed by atoms with E-state index in [1.54, 1.807) is 18.3 Å². The molecule has 7 heteroatoms. The van der Waals surface area contributed by atoms with Gasteiger partial charge in [0.15, 0.2) is 0 Å². The van der Waals surface area contributed by atoms with Gasteiger partial charge in [-0.15, -0.1) is 0 Å². The smallest absolute Gasteiger partial charge is 0.335 e. The Hall–Kier alpha value is -2.96. The highest BCUT2D eigenvalue weighted by Crippen LogP contribution is 2.18. The molecule has 0 saturated heterocycles. The van der Waals surface area contributed by atoms with Gasteiger partial charge in [0.05, 0.1) is 23.1 Å². The molecule has 0 aliphatic rings. The van der Waals surface area contributed by atoms with Crippen LogP contribution in [0.5, 0.6) is 0 Å². The molecule has 2 amide bonds. The lowest BCUT2D eigenvalue weighted by Gasteiger charge is -2.18. The van der Waals surface area contributed by atoms with E-state index < -0.39 is 17.8 Å². The lowest BCUT2D eigenvalue weighted by Crippen LogP contribution is -2.31. The number of rotatable bonds is 3. The summed E-state index contributed by atoms with van der Waals surface area (Å²) in [7, 11) is 1.49. The predicted molar refractivity (Wildman–Crippen MR) is 75.0 cm³/mol. The Labute approximate surface area is 119 Å². The molecule has 0 unspecified atom stereocenters. The molecular weight excluding hydrogens is 277 g/mol. The molecular formula is C14H12FN3O3. The fourth-order valence-electron chi connectivity index (χ4n) is 1.62. The highest BCUT2D eigenvalue weighted by Gasteiger charge is 2.15. The fraction of sp³-hybridized carbons (Fsp3) is 0.0714. The first-order chi connectivity index (χ1) is 9.99. The summed E-state index contributed by atoms with van der Waals surface area (Å²) in [5.41, 5.74) is 0.205. The summed E-state index contributed by atoms with van der Waals surface area (Å²) in [6.45, 7) is 0. The molecule has 1 aromatic carbocycles. The fourth-order valence-corrected chi connectivity index (χ4v) is 1.62. The van der Waals surface area contributed by atoms with Crippen LogP contribution in [0.1, 0.15) is 10.4 Å². The van der Waals surface area contributed by atoms with E-state index in [2.05, 4.69) is 10.3 Å². The predicted octanol–water partition coefficient (Wildman–Crippen LogP) is 2.59. The van der Waals surface area contributed by atoms with E-state index >= 15 is 0 Å². The monoisotopic (exact) mass is 289 g/mol. The summed E-state index contributed by atoms with van der Waals surface area (Å²) in [6.07, 6.45) is 3.04. The van der Waals surface area contributed by atoms with E-state index in [0.717, 1.165) is 18.2 Å². The molecule has 0 atom stereocenters. The molecule has 0 bridgehead atoms. The number of aromatic carboxylic acids is 1. The zero-order chi connectivity index (χ0) is 15.4. The molecule has 2 rings (SSSR count). The molecule has 0 fully saturated rings. The number of hydrogen-bond donors (Lipinski definition) is 2. The van der Waals surface area contributed by atoms with Crippen LogP contribution in [-0.4, -0.2) is 29.1 Å². The molecule has 0 aliphatic carbocycles. The average molecular weight is 289 g/mol. The number of nitrogens with one attached hydrogen (secondary N) is 1. The van der Waals surface area contributed by atoms with Crippen molar-refractivity contribution in [2.24, 2.45) is 0 Å². The topological polar surface area (TPSA) is 82.5 Å². The van der Waals surface area contributed by atoms with Crippen LogP contribution >= 0.6 is 0 Å². The van der Waals surface area contributed by atoms with Crippen molar-refractivity contribution in [3.05, 3.63) is 54.1 Å². The highest BCUT2D eigenvalue weighted by molar-refractivity contribution is 6.02. The van der Waals surface area contributed by atoms with Crippen LogP contribution < -0.4 is 10.2 Å². The molecule has 0 radical (unpaired) electrons. The molecule has 1 heterocycles. The number of nitrogens with zero attached hydrogens (tertiary/aromatic N) is 2. The van der Waals surface area contributed by atoms with Crippen LogP contribution in [0.4, 0.5) is 20.6 Å². The second kappa shape index (κ2) is 6.00. The number of carboxylic acids is 1. The van der Waals surface area contributed by atoms with Gasteiger partial charge in [0.25, 0.3) is 0 Å². The van der Waals surface area contributed by atoms with Crippen molar-refractivity contribution in [2.45, 2.75) is 0 Å². The number of carbonyl (C=O) groups excluding carboxylic acids is 1. The number of benzene rings is 1. The minimum atomic E-state index is -1.20. The van der Waals surface area contributed by atoms with Crippen LogP contribution in [0.25, 0.3) is 0 Å². The van der Waals surface area contributed by atoms with Crippen molar-refractivity contribution in [1.82, 2.24) is 4.98 Å². The summed E-state index contributed by atoms with van der Waals surface area (Å²) in [5.74, 6) is -1.92. The molecule has 0 saturated carbocycles. The number of hydrogen-bond acceptors (Lipinski definition) is 3. The minimum absolute atomic E-state index is 0.115. The van der Waals surface area contributed by atoms with Crippen molar-refractivity contribution >= 4 is 23.4 Å². The standard InChI is InChI=1S/C14H12FN3O3/c1-18(10-3-2-6-16-8-10)14(21)17-12-7-9(13(19)20)4-5-11(12)15/h2-8H,1H3,(H,17,21)(H,19,20). The van der Waals surface area contributed by atoms with Gasteiger partial charge in [0.1, 0.15) is 5.82 Å². The quantitative estimate of drug-likeness (QED) is 0.909. The van der Waals surface area contributed by atoms with Gasteiger partial charge in [-0.3, -0.25) is 9.88 Å². The Bertz CT molecular complexity index is 676. The maximum absolute atomic E-state index is 13.6. The Kier molecular flexibility index (Phi) is 4.13. The third-order valence-electron chi connectivity index (χ3n) is 2.79. The van der Waals surface area contributed by atoms with Gasteiger partial charge in [-0.25, -0.2) is 14.0 Å². The van der Waals surface area contributed by atoms with Crippen LogP contribution in [0.2, 0.25) is 0 Å². The Morgan fingerprint density at radius 3 is 2.71 bits per heavy atom. The van der Waals surface area contributed by atoms with Gasteiger partial charge in [-0.1, -0.05) is 0 Å². The number of amides is 2. The molecule has 0 spiro atoms. The van der Waals surface area contributed by atoms with Gasteiger partial charge in [-0.05, 0) is 30.3 Å². The van der Waals surface area contributed by atoms with E-state index in [1.165, 1.54) is 18.1 Å². The second-order valence-electron chi connectivity index (χ2n) is 4.20. The lowest BCUT2D eigenvalue weighted by atomic mass is 10.2. The van der Waals surface area contributed by atoms with Crippen LogP contribution in [0.3, 0.4) is 0 Å². The summed E-state index contributed by atoms with van der Waals surface area (Å²) in [6, 6.07) is 5.89. The molecule has 2 aromatic rings. The summed E-state index contributed by atoms with van der Waals surface area (Å²) >= 11 is 0. The Morgan fingerprint density at radius 1 is 1.33 bits per heavy atom. The summed E-state index contributed by atoms with van der Waals surface area (Å²) in [4.78, 5) is 28.0. The minimum Gasteiger partial charge on any atom is -0.478 e. The molecule has 108 valence electrons. The summed E-state index contributed by atoms with van der Waals surface area (Å²) in [5, 5.41) is 11.2. The highest BCUT2D eigenvalue weighted by atomic mass is 19.1. The third kappa shape index (κ3) is 3.33. The van der Waals surface area contributed by atoms with Gasteiger partial charge >= 0.3 is 12.0 Å². The van der Waals surface area contributed by atoms with Gasteiger partial charge < -0.3 is 10.4 Å². The van der Waals surface area contributed by atoms with E-state index in [0.29, 0.717) is 5.69 Å². The maximum Gasteiger partial charge on any atom is 0.335 e. The van der Waals surface area contributed by atoms with Crippen molar-refractivity contribution in [2.75, 3.05) is 17.3 Å². The number of anilines is 2. The second-order valence-corrected chi connectivity index (χ2v) is 4.20.